The van der Waals surface area contributed by atoms with E-state index in [4.69, 9.17) is 17.3 Å². The lowest BCUT2D eigenvalue weighted by molar-refractivity contribution is -0.127. The third-order valence-corrected chi connectivity index (χ3v) is 4.34. The van der Waals surface area contributed by atoms with E-state index in [0.717, 1.165) is 19.3 Å². The van der Waals surface area contributed by atoms with Crippen molar-refractivity contribution in [1.82, 2.24) is 0 Å². The monoisotopic (exact) mass is 269 g/mol. The van der Waals surface area contributed by atoms with Gasteiger partial charge in [0.25, 0.3) is 0 Å². The van der Waals surface area contributed by atoms with Gasteiger partial charge in [-0.2, -0.15) is 0 Å². The van der Waals surface area contributed by atoms with E-state index in [0.29, 0.717) is 5.56 Å². The summed E-state index contributed by atoms with van der Waals surface area (Å²) in [6, 6.07) is 4.62. The average molecular weight is 270 g/mol. The Hall–Kier alpha value is -0.930. The topological polar surface area (TPSA) is 43.1 Å². The zero-order valence-corrected chi connectivity index (χ0v) is 11.1. The van der Waals surface area contributed by atoms with Crippen molar-refractivity contribution in [3.8, 4) is 0 Å². The van der Waals surface area contributed by atoms with Gasteiger partial charge in [0.2, 0.25) is 0 Å². The number of hydrogen-bond donors (Lipinski definition) is 1. The van der Waals surface area contributed by atoms with Gasteiger partial charge in [-0.1, -0.05) is 37.1 Å². The molecule has 2 nitrogen and oxygen atoms in total. The molecule has 1 saturated carbocycles. The molecule has 98 valence electrons. The van der Waals surface area contributed by atoms with Gasteiger partial charge in [0.1, 0.15) is 11.6 Å². The molecular weight excluding hydrogens is 253 g/mol. The highest BCUT2D eigenvalue weighted by Crippen LogP contribution is 2.38. The van der Waals surface area contributed by atoms with Crippen molar-refractivity contribution in [2.45, 2.75) is 38.6 Å². The minimum Gasteiger partial charge on any atom is -0.327 e. The number of Topliss-reactive ketones (excluding diaryl/α,β-unsaturated/α-hetero) is 1. The predicted octanol–water partition coefficient (Wildman–Crippen LogP) is 3.11. The van der Waals surface area contributed by atoms with Crippen LogP contribution in [0.3, 0.4) is 0 Å². The molecule has 18 heavy (non-hydrogen) atoms. The Labute approximate surface area is 111 Å². The van der Waals surface area contributed by atoms with E-state index in [9.17, 15) is 9.18 Å². The van der Waals surface area contributed by atoms with E-state index >= 15 is 0 Å². The van der Waals surface area contributed by atoms with Crippen molar-refractivity contribution < 1.29 is 9.18 Å². The molecule has 2 atom stereocenters. The minimum absolute atomic E-state index is 0.00802. The minimum atomic E-state index is -0.519. The first-order valence-electron chi connectivity index (χ1n) is 6.17. The standard InChI is InChI=1S/C14H17ClFNO/c1-14(7-3-6-11(14)17)12(18)8-9-4-2-5-10(15)13(9)16/h2,4-5,11H,3,6-8,17H2,1H3. The summed E-state index contributed by atoms with van der Waals surface area (Å²) in [6.07, 6.45) is 2.67. The van der Waals surface area contributed by atoms with Gasteiger partial charge in [-0.05, 0) is 24.5 Å². The summed E-state index contributed by atoms with van der Waals surface area (Å²) in [5.41, 5.74) is 5.83. The molecule has 0 radical (unpaired) electrons. The fourth-order valence-electron chi connectivity index (χ4n) is 2.60. The number of ketones is 1. The van der Waals surface area contributed by atoms with Crippen LogP contribution in [0.4, 0.5) is 4.39 Å². The van der Waals surface area contributed by atoms with E-state index in [2.05, 4.69) is 0 Å². The van der Waals surface area contributed by atoms with Gasteiger partial charge in [0.05, 0.1) is 5.02 Å². The summed E-state index contributed by atoms with van der Waals surface area (Å²) in [7, 11) is 0. The third kappa shape index (κ3) is 2.29. The van der Waals surface area contributed by atoms with Crippen LogP contribution in [0.5, 0.6) is 0 Å². The van der Waals surface area contributed by atoms with E-state index in [1.165, 1.54) is 6.07 Å². The molecule has 4 heteroatoms. The highest BCUT2D eigenvalue weighted by atomic mass is 35.5. The van der Waals surface area contributed by atoms with E-state index in [1.807, 2.05) is 6.92 Å². The Morgan fingerprint density at radius 2 is 2.33 bits per heavy atom. The summed E-state index contributed by atoms with van der Waals surface area (Å²) < 4.78 is 13.8. The lowest BCUT2D eigenvalue weighted by Gasteiger charge is -2.27. The molecule has 0 saturated heterocycles. The number of benzene rings is 1. The van der Waals surface area contributed by atoms with Gasteiger partial charge in [-0.25, -0.2) is 4.39 Å². The number of nitrogens with two attached hydrogens (primary N) is 1. The second-order valence-corrected chi connectivity index (χ2v) is 5.64. The number of hydrogen-bond acceptors (Lipinski definition) is 2. The zero-order valence-electron chi connectivity index (χ0n) is 10.4. The first kappa shape index (κ1) is 13.5. The first-order chi connectivity index (χ1) is 8.45. The largest absolute Gasteiger partial charge is 0.327 e. The molecule has 0 heterocycles. The average Bonchev–Trinajstić information content (AvgIpc) is 2.67. The van der Waals surface area contributed by atoms with Gasteiger partial charge in [-0.3, -0.25) is 4.79 Å². The Morgan fingerprint density at radius 1 is 1.61 bits per heavy atom. The van der Waals surface area contributed by atoms with Crippen LogP contribution in [0.2, 0.25) is 5.02 Å². The SMILES string of the molecule is CC1(C(=O)Cc2cccc(Cl)c2F)CCCC1N. The Morgan fingerprint density at radius 3 is 2.94 bits per heavy atom. The van der Waals surface area contributed by atoms with Crippen LogP contribution in [0, 0.1) is 11.2 Å². The van der Waals surface area contributed by atoms with Crippen LogP contribution in [0.1, 0.15) is 31.7 Å². The summed E-state index contributed by atoms with van der Waals surface area (Å²) in [5.74, 6) is -0.489. The summed E-state index contributed by atoms with van der Waals surface area (Å²) in [6.45, 7) is 1.88. The molecule has 2 N–H and O–H groups in total. The molecule has 0 aliphatic heterocycles. The first-order valence-corrected chi connectivity index (χ1v) is 6.54. The molecule has 2 unspecified atom stereocenters. The molecular formula is C14H17ClFNO. The van der Waals surface area contributed by atoms with Gasteiger partial charge in [0, 0.05) is 17.9 Å². The smallest absolute Gasteiger partial charge is 0.145 e. The summed E-state index contributed by atoms with van der Waals surface area (Å²) in [5, 5.41) is 0.0566. The second-order valence-electron chi connectivity index (χ2n) is 5.23. The fraction of sp³-hybridized carbons (Fsp3) is 0.500. The highest BCUT2D eigenvalue weighted by Gasteiger charge is 2.42. The van der Waals surface area contributed by atoms with E-state index < -0.39 is 11.2 Å². The number of rotatable bonds is 3. The summed E-state index contributed by atoms with van der Waals surface area (Å²) >= 11 is 5.71. The second kappa shape index (κ2) is 4.98. The Balaban J connectivity index is 2.19. The number of carbonyl (C=O) groups is 1. The van der Waals surface area contributed by atoms with Gasteiger partial charge in [0.15, 0.2) is 0 Å². The molecule has 0 aromatic heterocycles. The molecule has 0 amide bonds. The Bertz CT molecular complexity index is 477. The molecule has 1 aromatic carbocycles. The highest BCUT2D eigenvalue weighted by molar-refractivity contribution is 6.30. The predicted molar refractivity (Wildman–Crippen MR) is 70.1 cm³/mol. The molecule has 1 aromatic rings. The maximum Gasteiger partial charge on any atom is 0.145 e. The van der Waals surface area contributed by atoms with Gasteiger partial charge in [-0.15, -0.1) is 0 Å². The van der Waals surface area contributed by atoms with E-state index in [1.54, 1.807) is 12.1 Å². The molecule has 1 aliphatic carbocycles. The van der Waals surface area contributed by atoms with Crippen LogP contribution in [-0.4, -0.2) is 11.8 Å². The third-order valence-electron chi connectivity index (χ3n) is 4.05. The molecule has 0 bridgehead atoms. The van der Waals surface area contributed by atoms with Crippen LogP contribution >= 0.6 is 11.6 Å². The fourth-order valence-corrected chi connectivity index (χ4v) is 2.79. The molecule has 0 spiro atoms. The van der Waals surface area contributed by atoms with Crippen molar-refractivity contribution in [2.75, 3.05) is 0 Å². The normalized spacial score (nSPS) is 27.4. The van der Waals surface area contributed by atoms with Crippen molar-refractivity contribution in [1.29, 1.82) is 0 Å². The van der Waals surface area contributed by atoms with Crippen molar-refractivity contribution in [2.24, 2.45) is 11.1 Å². The van der Waals surface area contributed by atoms with Crippen LogP contribution in [0.25, 0.3) is 0 Å². The lowest BCUT2D eigenvalue weighted by Crippen LogP contribution is -2.42. The van der Waals surface area contributed by atoms with Crippen molar-refractivity contribution >= 4 is 17.4 Å². The molecule has 1 fully saturated rings. The zero-order chi connectivity index (χ0) is 13.3. The quantitative estimate of drug-likeness (QED) is 0.916. The van der Waals surface area contributed by atoms with Crippen LogP contribution < -0.4 is 5.73 Å². The maximum atomic E-state index is 13.8. The molecule has 2 rings (SSSR count). The van der Waals surface area contributed by atoms with Crippen LogP contribution in [-0.2, 0) is 11.2 Å². The number of halogens is 2. The summed E-state index contributed by atoms with van der Waals surface area (Å²) in [4.78, 5) is 12.3. The van der Waals surface area contributed by atoms with Gasteiger partial charge < -0.3 is 5.73 Å². The van der Waals surface area contributed by atoms with Gasteiger partial charge >= 0.3 is 0 Å². The number of carbonyl (C=O) groups excluding carboxylic acids is 1. The van der Waals surface area contributed by atoms with E-state index in [-0.39, 0.29) is 23.3 Å². The lowest BCUT2D eigenvalue weighted by atomic mass is 9.78. The molecule has 1 aliphatic rings. The van der Waals surface area contributed by atoms with Crippen molar-refractivity contribution in [3.63, 3.8) is 0 Å². The van der Waals surface area contributed by atoms with Crippen LogP contribution in [0.15, 0.2) is 18.2 Å². The Kier molecular flexibility index (Phi) is 3.74. The maximum absolute atomic E-state index is 13.8. The van der Waals surface area contributed by atoms with Crippen molar-refractivity contribution in [3.05, 3.63) is 34.6 Å².